The van der Waals surface area contributed by atoms with E-state index < -0.39 is 0 Å². The summed E-state index contributed by atoms with van der Waals surface area (Å²) in [5, 5.41) is 0. The fourth-order valence-electron chi connectivity index (χ4n) is 7.99. The van der Waals surface area contributed by atoms with E-state index in [1.165, 1.54) is 22.6 Å². The van der Waals surface area contributed by atoms with Gasteiger partial charge in [0, 0.05) is 32.6 Å². The summed E-state index contributed by atoms with van der Waals surface area (Å²) in [5.41, 5.74) is 4.90. The molecule has 4 aliphatic carbocycles. The van der Waals surface area contributed by atoms with E-state index in [-0.39, 0.29) is 32.6 Å². The Bertz CT molecular complexity index is 485. The molecule has 0 spiro atoms. The maximum Gasteiger partial charge on any atom is 0.0910 e. The predicted molar refractivity (Wildman–Crippen MR) is 156 cm³/mol. The number of rotatable bonds is 7. The van der Waals surface area contributed by atoms with Crippen LogP contribution < -0.4 is 0 Å². The Labute approximate surface area is 225 Å². The van der Waals surface area contributed by atoms with E-state index in [1.807, 2.05) is 30.3 Å². The molecule has 1 aromatic carbocycles. The van der Waals surface area contributed by atoms with Gasteiger partial charge in [-0.15, -0.1) is 0 Å². The molecule has 0 bridgehead atoms. The van der Waals surface area contributed by atoms with Crippen molar-refractivity contribution in [1.29, 1.82) is 0 Å². The first-order valence-corrected chi connectivity index (χ1v) is 19.0. The molecule has 4 saturated carbocycles. The summed E-state index contributed by atoms with van der Waals surface area (Å²) in [6.45, 7) is 0. The fraction of sp³-hybridized carbons (Fsp3) is 0.839. The second-order valence-electron chi connectivity index (χ2n) is 12.0. The average molecular weight is 549 g/mol. The fourth-order valence-corrected chi connectivity index (χ4v) is 17.9. The van der Waals surface area contributed by atoms with Crippen molar-refractivity contribution in [2.24, 2.45) is 0 Å². The number of hydrogen-bond donors (Lipinski definition) is 0. The quantitative estimate of drug-likeness (QED) is 0.235. The largest absolute Gasteiger partial charge is 0.214 e. The zero-order chi connectivity index (χ0) is 22.6. The van der Waals surface area contributed by atoms with E-state index in [1.54, 1.807) is 141 Å². The van der Waals surface area contributed by atoms with Gasteiger partial charge in [-0.2, -0.15) is 18.2 Å². The van der Waals surface area contributed by atoms with Gasteiger partial charge < -0.3 is 0 Å². The maximum absolute atomic E-state index is 2.00. The molecule has 0 amide bonds. The summed E-state index contributed by atoms with van der Waals surface area (Å²) in [7, 11) is -0.182. The summed E-state index contributed by atoms with van der Waals surface area (Å²) in [5.74, 6) is 0. The van der Waals surface area contributed by atoms with Crippen molar-refractivity contribution >= 4 is 15.8 Å². The van der Waals surface area contributed by atoms with Crippen LogP contribution in [0.2, 0.25) is 0 Å². The first-order chi connectivity index (χ1) is 16.4. The van der Waals surface area contributed by atoms with Crippen molar-refractivity contribution in [1.82, 2.24) is 0 Å². The third kappa shape index (κ3) is 9.55. The minimum Gasteiger partial charge on any atom is -0.214 e. The van der Waals surface area contributed by atoms with E-state index in [9.17, 15) is 0 Å². The molecule has 1 aromatic rings. The maximum atomic E-state index is 2.00. The van der Waals surface area contributed by atoms with Crippen LogP contribution in [0.5, 0.6) is 0 Å². The molecular formula is C31H55CoP2+. The van der Waals surface area contributed by atoms with Gasteiger partial charge in [0.2, 0.25) is 0 Å². The van der Waals surface area contributed by atoms with Gasteiger partial charge in [0.25, 0.3) is 0 Å². The Morgan fingerprint density at radius 2 is 0.706 bits per heavy atom. The Morgan fingerprint density at radius 3 is 0.912 bits per heavy atom. The minimum atomic E-state index is -0.0909. The molecule has 0 nitrogen and oxygen atoms in total. The molecule has 1 radical (unpaired) electrons. The second kappa shape index (κ2) is 17.3. The summed E-state index contributed by atoms with van der Waals surface area (Å²) in [6, 6.07) is 10.0. The molecule has 34 heavy (non-hydrogen) atoms. The molecule has 0 unspecified atom stereocenters. The Kier molecular flexibility index (Phi) is 14.9. The molecule has 0 N–H and O–H groups in total. The predicted octanol–water partition coefficient (Wildman–Crippen LogP) is 10.1. The summed E-state index contributed by atoms with van der Waals surface area (Å²) in [4.78, 5) is 0. The summed E-state index contributed by atoms with van der Waals surface area (Å²) >= 11 is 0. The zero-order valence-corrected chi connectivity index (χ0v) is 25.1. The first-order valence-electron chi connectivity index (χ1n) is 15.3. The smallest absolute Gasteiger partial charge is 0.0910 e. The molecule has 0 heterocycles. The first kappa shape index (κ1) is 29.3. The van der Waals surface area contributed by atoms with Crippen molar-refractivity contribution in [3.05, 3.63) is 30.3 Å². The van der Waals surface area contributed by atoms with Gasteiger partial charge in [-0.1, -0.05) is 25.7 Å². The van der Waals surface area contributed by atoms with Crippen molar-refractivity contribution in [2.75, 3.05) is 12.3 Å². The monoisotopic (exact) mass is 548 g/mol. The molecular weight excluding hydrogens is 493 g/mol. The van der Waals surface area contributed by atoms with Crippen LogP contribution in [-0.2, 0) is 16.8 Å². The van der Waals surface area contributed by atoms with Crippen LogP contribution in [0.25, 0.3) is 0 Å². The van der Waals surface area contributed by atoms with Crippen LogP contribution in [0.15, 0.2) is 30.3 Å². The minimum absolute atomic E-state index is 0. The molecule has 197 valence electrons. The van der Waals surface area contributed by atoms with Gasteiger partial charge in [-0.25, -0.2) is 12.1 Å². The van der Waals surface area contributed by atoms with E-state index in [2.05, 4.69) is 0 Å². The van der Waals surface area contributed by atoms with Crippen molar-refractivity contribution in [2.45, 2.75) is 151 Å². The van der Waals surface area contributed by atoms with Gasteiger partial charge in [-0.05, 0) is 103 Å². The standard InChI is InChI=1S/C26H48P2.C5H5.Co/c1-5-13-23(14-6-1)27(24-15-7-2-8-16-24)21-22-28(25-17-9-3-10-18-25)26-19-11-4-12-20-26;1-2-4-5-3-1;/h23-26H,1-22H2;1-5H;/q;-1;/p+2. The normalized spacial score (nSPS) is 23.9. The molecule has 3 heteroatoms. The van der Waals surface area contributed by atoms with Crippen molar-refractivity contribution < 1.29 is 16.8 Å². The molecule has 0 aliphatic heterocycles. The third-order valence-electron chi connectivity index (χ3n) is 9.78. The van der Waals surface area contributed by atoms with E-state index in [0.29, 0.717) is 0 Å². The zero-order valence-electron chi connectivity index (χ0n) is 22.1. The molecule has 4 fully saturated rings. The molecule has 5 rings (SSSR count). The van der Waals surface area contributed by atoms with Gasteiger partial charge in [0.15, 0.2) is 0 Å². The van der Waals surface area contributed by atoms with Gasteiger partial charge >= 0.3 is 0 Å². The summed E-state index contributed by atoms with van der Waals surface area (Å²) in [6.07, 6.45) is 35.5. The van der Waals surface area contributed by atoms with Gasteiger partial charge in [-0.3, -0.25) is 0 Å². The molecule has 0 saturated heterocycles. The molecule has 4 aliphatic rings. The van der Waals surface area contributed by atoms with Crippen LogP contribution in [0.1, 0.15) is 128 Å². The van der Waals surface area contributed by atoms with Crippen LogP contribution in [0.3, 0.4) is 0 Å². The SMILES string of the molecule is C1CCC([PH+](CC[PH+](C2CCCCC2)C2CCCCC2)C2CCCCC2)CC1.[Co].c1cc[cH-]c1. The van der Waals surface area contributed by atoms with Crippen LogP contribution >= 0.6 is 15.8 Å². The van der Waals surface area contributed by atoms with E-state index >= 15 is 0 Å². The second-order valence-corrected chi connectivity index (χ2v) is 18.5. The number of hydrogen-bond acceptors (Lipinski definition) is 0. The van der Waals surface area contributed by atoms with Gasteiger partial charge in [0.05, 0.1) is 35.0 Å². The third-order valence-corrected chi connectivity index (χ3v) is 18.4. The molecule has 0 aromatic heterocycles. The van der Waals surface area contributed by atoms with Crippen molar-refractivity contribution in [3.63, 3.8) is 0 Å². The Hall–Kier alpha value is 0.716. The average Bonchev–Trinajstić information content (AvgIpc) is 3.49. The van der Waals surface area contributed by atoms with Crippen LogP contribution in [0, 0.1) is 0 Å². The Morgan fingerprint density at radius 1 is 0.441 bits per heavy atom. The van der Waals surface area contributed by atoms with Crippen LogP contribution in [-0.4, -0.2) is 35.0 Å². The van der Waals surface area contributed by atoms with Crippen molar-refractivity contribution in [3.8, 4) is 0 Å². The Balaban J connectivity index is 0.000000481. The van der Waals surface area contributed by atoms with E-state index in [0.717, 1.165) is 0 Å². The van der Waals surface area contributed by atoms with E-state index in [4.69, 9.17) is 0 Å². The van der Waals surface area contributed by atoms with Gasteiger partial charge in [0.1, 0.15) is 0 Å². The summed E-state index contributed by atoms with van der Waals surface area (Å²) < 4.78 is 0. The molecule has 0 atom stereocenters. The topological polar surface area (TPSA) is 0 Å². The van der Waals surface area contributed by atoms with Crippen LogP contribution in [0.4, 0.5) is 0 Å².